The van der Waals surface area contributed by atoms with Crippen LogP contribution >= 0.6 is 24.0 Å². The number of nitrogens with zero attached hydrogens (tertiary/aromatic N) is 5. The van der Waals surface area contributed by atoms with E-state index in [1.807, 2.05) is 30.9 Å². The molecule has 0 aliphatic carbocycles. The van der Waals surface area contributed by atoms with E-state index in [9.17, 15) is 8.42 Å². The minimum Gasteiger partial charge on any atom is -0.352 e. The van der Waals surface area contributed by atoms with Crippen molar-refractivity contribution in [1.29, 1.82) is 0 Å². The first-order valence-electron chi connectivity index (χ1n) is 9.77. The van der Waals surface area contributed by atoms with Crippen LogP contribution in [-0.4, -0.2) is 67.4 Å². The zero-order valence-corrected chi connectivity index (χ0v) is 21.0. The highest BCUT2D eigenvalue weighted by atomic mass is 127. The maximum atomic E-state index is 12.2. The van der Waals surface area contributed by atoms with Crippen molar-refractivity contribution in [1.82, 2.24) is 24.1 Å². The minimum atomic E-state index is -3.41. The molecular formula is C20H31IN6O2S. The van der Waals surface area contributed by atoms with Crippen molar-refractivity contribution in [2.24, 2.45) is 10.9 Å². The average Bonchev–Trinajstić information content (AvgIpc) is 3.24. The third-order valence-electron chi connectivity index (χ3n) is 5.49. The molecule has 1 saturated heterocycles. The molecule has 0 bridgehead atoms. The molecule has 166 valence electrons. The summed E-state index contributed by atoms with van der Waals surface area (Å²) in [4.78, 5) is 11.2. The number of halogens is 1. The summed E-state index contributed by atoms with van der Waals surface area (Å²) in [7, 11) is 1.45. The Morgan fingerprint density at radius 2 is 2.00 bits per heavy atom. The molecule has 8 nitrogen and oxygen atoms in total. The zero-order chi connectivity index (χ0) is 21.0. The van der Waals surface area contributed by atoms with Crippen LogP contribution in [0.5, 0.6) is 0 Å². The lowest BCUT2D eigenvalue weighted by atomic mass is 9.93. The van der Waals surface area contributed by atoms with Gasteiger partial charge in [0.1, 0.15) is 0 Å². The number of benzene rings is 1. The van der Waals surface area contributed by atoms with Crippen molar-refractivity contribution >= 4 is 40.0 Å². The van der Waals surface area contributed by atoms with E-state index in [2.05, 4.69) is 31.7 Å². The molecule has 1 N–H and O–H groups in total. The fourth-order valence-electron chi connectivity index (χ4n) is 3.60. The van der Waals surface area contributed by atoms with Gasteiger partial charge in [0.15, 0.2) is 5.96 Å². The maximum absolute atomic E-state index is 12.2. The predicted octanol–water partition coefficient (Wildman–Crippen LogP) is 2.41. The molecular weight excluding hydrogens is 515 g/mol. The number of piperidine rings is 1. The van der Waals surface area contributed by atoms with E-state index in [1.165, 1.54) is 18.4 Å². The van der Waals surface area contributed by atoms with E-state index in [-0.39, 0.29) is 24.0 Å². The van der Waals surface area contributed by atoms with Gasteiger partial charge in [0.2, 0.25) is 10.0 Å². The molecule has 0 spiro atoms. The second-order valence-corrected chi connectivity index (χ2v) is 9.77. The average molecular weight is 546 g/mol. The number of rotatable bonds is 5. The van der Waals surface area contributed by atoms with Gasteiger partial charge in [0, 0.05) is 53.2 Å². The number of aromatic nitrogens is 2. The van der Waals surface area contributed by atoms with Gasteiger partial charge < -0.3 is 14.8 Å². The molecule has 0 saturated carbocycles. The number of hydrogen-bond acceptors (Lipinski definition) is 4. The summed E-state index contributed by atoms with van der Waals surface area (Å²) in [5, 5.41) is 3.41. The second-order valence-electron chi connectivity index (χ2n) is 7.62. The van der Waals surface area contributed by atoms with Gasteiger partial charge in [-0.25, -0.2) is 17.7 Å². The molecule has 2 heterocycles. The Kier molecular flexibility index (Phi) is 8.68. The van der Waals surface area contributed by atoms with E-state index < -0.39 is 10.0 Å². The Morgan fingerprint density at radius 3 is 2.57 bits per heavy atom. The van der Waals surface area contributed by atoms with Crippen molar-refractivity contribution in [3.63, 3.8) is 0 Å². The molecule has 1 aromatic heterocycles. The van der Waals surface area contributed by atoms with Crippen molar-refractivity contribution in [3.05, 3.63) is 48.5 Å². The van der Waals surface area contributed by atoms with E-state index >= 15 is 0 Å². The molecule has 3 rings (SSSR count). The number of guanidine groups is 1. The van der Waals surface area contributed by atoms with Gasteiger partial charge in [-0.05, 0) is 30.0 Å². The molecule has 2 aromatic rings. The Hall–Kier alpha value is -1.66. The van der Waals surface area contributed by atoms with Crippen LogP contribution in [0.2, 0.25) is 0 Å². The highest BCUT2D eigenvalue weighted by Crippen LogP contribution is 2.27. The molecule has 0 radical (unpaired) electrons. The van der Waals surface area contributed by atoms with Crippen LogP contribution in [0.25, 0.3) is 0 Å². The van der Waals surface area contributed by atoms with Gasteiger partial charge in [-0.2, -0.15) is 0 Å². The molecule has 1 aromatic carbocycles. The normalized spacial score (nSPS) is 20.2. The minimum absolute atomic E-state index is 0. The molecule has 1 aliphatic heterocycles. The number of sulfonamides is 1. The maximum Gasteiger partial charge on any atom is 0.242 e. The first kappa shape index (κ1) is 24.6. The zero-order valence-electron chi connectivity index (χ0n) is 17.9. The quantitative estimate of drug-likeness (QED) is 0.354. The summed E-state index contributed by atoms with van der Waals surface area (Å²) < 4.78 is 27.8. The molecule has 2 atom stereocenters. The highest BCUT2D eigenvalue weighted by molar-refractivity contribution is 14.0. The lowest BCUT2D eigenvalue weighted by Crippen LogP contribution is -2.48. The van der Waals surface area contributed by atoms with Crippen molar-refractivity contribution in [2.45, 2.75) is 30.8 Å². The van der Waals surface area contributed by atoms with Gasteiger partial charge in [-0.15, -0.1) is 24.0 Å². The topological polar surface area (TPSA) is 82.8 Å². The van der Waals surface area contributed by atoms with Crippen LogP contribution in [0.1, 0.15) is 24.9 Å². The lowest BCUT2D eigenvalue weighted by molar-refractivity contribution is 0.189. The summed E-state index contributed by atoms with van der Waals surface area (Å²) in [5.41, 5.74) is 1.00. The van der Waals surface area contributed by atoms with Gasteiger partial charge in [-0.1, -0.05) is 19.1 Å². The Labute approximate surface area is 196 Å². The standard InChI is InChI=1S/C20H30N6O2S.HI/c1-16-9-11-25(14-19(16)26-12-10-22-15-26)20(21-2)23-13-17-5-7-18(8-6-17)29(27,28)24(3)4;/h5-8,10,12,15-16,19H,9,11,13-14H2,1-4H3,(H,21,23);1H. The van der Waals surface area contributed by atoms with Gasteiger partial charge in [0.25, 0.3) is 0 Å². The van der Waals surface area contributed by atoms with Crippen LogP contribution in [0.15, 0.2) is 52.9 Å². The summed E-state index contributed by atoms with van der Waals surface area (Å²) in [6.45, 7) is 4.68. The van der Waals surface area contributed by atoms with Gasteiger partial charge in [-0.3, -0.25) is 4.99 Å². The largest absolute Gasteiger partial charge is 0.352 e. The number of likely N-dealkylation sites (tertiary alicyclic amines) is 1. The smallest absolute Gasteiger partial charge is 0.242 e. The SMILES string of the molecule is CN=C(NCc1ccc(S(=O)(=O)N(C)C)cc1)N1CCC(C)C(n2ccnc2)C1.I. The van der Waals surface area contributed by atoms with Crippen molar-refractivity contribution in [3.8, 4) is 0 Å². The van der Waals surface area contributed by atoms with Crippen molar-refractivity contribution < 1.29 is 8.42 Å². The molecule has 10 heteroatoms. The summed E-state index contributed by atoms with van der Waals surface area (Å²) in [6.07, 6.45) is 6.80. The predicted molar refractivity (Wildman–Crippen MR) is 130 cm³/mol. The summed E-state index contributed by atoms with van der Waals surface area (Å²) in [5.74, 6) is 1.43. The van der Waals surface area contributed by atoms with Crippen LogP contribution in [0.4, 0.5) is 0 Å². The lowest BCUT2D eigenvalue weighted by Gasteiger charge is -2.39. The monoisotopic (exact) mass is 546 g/mol. The van der Waals surface area contributed by atoms with E-state index in [4.69, 9.17) is 0 Å². The first-order valence-corrected chi connectivity index (χ1v) is 11.2. The number of imidazole rings is 1. The number of nitrogens with one attached hydrogen (secondary N) is 1. The second kappa shape index (κ2) is 10.6. The molecule has 0 amide bonds. The molecule has 30 heavy (non-hydrogen) atoms. The molecule has 1 aliphatic rings. The molecule has 1 fully saturated rings. The fraction of sp³-hybridized carbons (Fsp3) is 0.500. The fourth-order valence-corrected chi connectivity index (χ4v) is 4.50. The Morgan fingerprint density at radius 1 is 1.30 bits per heavy atom. The summed E-state index contributed by atoms with van der Waals surface area (Å²) >= 11 is 0. The van der Waals surface area contributed by atoms with Crippen LogP contribution in [0.3, 0.4) is 0 Å². The first-order chi connectivity index (χ1) is 13.8. The summed E-state index contributed by atoms with van der Waals surface area (Å²) in [6, 6.07) is 7.33. The number of aliphatic imine (C=N–C) groups is 1. The number of hydrogen-bond donors (Lipinski definition) is 1. The third kappa shape index (κ3) is 5.52. The Bertz CT molecular complexity index is 929. The van der Waals surface area contributed by atoms with E-state index in [1.54, 1.807) is 19.2 Å². The third-order valence-corrected chi connectivity index (χ3v) is 7.32. The van der Waals surface area contributed by atoms with Crippen LogP contribution < -0.4 is 5.32 Å². The molecule has 2 unspecified atom stereocenters. The van der Waals surface area contributed by atoms with Gasteiger partial charge >= 0.3 is 0 Å². The van der Waals surface area contributed by atoms with E-state index in [0.717, 1.165) is 31.0 Å². The van der Waals surface area contributed by atoms with Crippen LogP contribution in [-0.2, 0) is 16.6 Å². The van der Waals surface area contributed by atoms with Crippen LogP contribution in [0, 0.1) is 5.92 Å². The highest BCUT2D eigenvalue weighted by Gasteiger charge is 2.28. The van der Waals surface area contributed by atoms with Crippen molar-refractivity contribution in [2.75, 3.05) is 34.2 Å². The van der Waals surface area contributed by atoms with Gasteiger partial charge in [0.05, 0.1) is 17.3 Å². The Balaban J connectivity index is 0.00000320. The van der Waals surface area contributed by atoms with E-state index in [0.29, 0.717) is 23.4 Å².